The summed E-state index contributed by atoms with van der Waals surface area (Å²) in [7, 11) is 0. The Labute approximate surface area is 144 Å². The number of fused-ring (bicyclic) bond motifs is 1. The predicted octanol–water partition coefficient (Wildman–Crippen LogP) is 5.38. The zero-order valence-corrected chi connectivity index (χ0v) is 13.6. The molecular weight excluding hydrogens is 318 g/mol. The van der Waals surface area contributed by atoms with Crippen LogP contribution in [0, 0.1) is 0 Å². The van der Waals surface area contributed by atoms with Crippen molar-refractivity contribution in [1.29, 1.82) is 0 Å². The topological polar surface area (TPSA) is 30.7 Å². The molecule has 0 radical (unpaired) electrons. The Morgan fingerprint density at radius 3 is 2.62 bits per heavy atom. The standard InChI is InChI=1S/C20H14ClN3/c21-19-3-1-2-15(12-19)8-11-24-20-13-17(4-5-18(20)14-23-24)16-6-9-22-10-7-16/h1-14H. The Morgan fingerprint density at radius 1 is 0.917 bits per heavy atom. The first-order valence-electron chi connectivity index (χ1n) is 7.61. The molecule has 3 nitrogen and oxygen atoms in total. The number of benzene rings is 2. The lowest BCUT2D eigenvalue weighted by Crippen LogP contribution is -1.88. The Bertz CT molecular complexity index is 1020. The molecule has 2 aromatic carbocycles. The molecule has 0 amide bonds. The average molecular weight is 332 g/mol. The molecule has 0 saturated carbocycles. The largest absolute Gasteiger partial charge is 0.265 e. The van der Waals surface area contributed by atoms with Crippen LogP contribution in [0.25, 0.3) is 34.3 Å². The van der Waals surface area contributed by atoms with Crippen molar-refractivity contribution in [3.05, 3.63) is 83.8 Å². The fourth-order valence-electron chi connectivity index (χ4n) is 2.65. The zero-order valence-electron chi connectivity index (χ0n) is 12.8. The minimum Gasteiger partial charge on any atom is -0.265 e. The fourth-order valence-corrected chi connectivity index (χ4v) is 2.85. The molecular formula is C20H14ClN3. The van der Waals surface area contributed by atoms with E-state index < -0.39 is 0 Å². The highest BCUT2D eigenvalue weighted by atomic mass is 35.5. The van der Waals surface area contributed by atoms with Crippen molar-refractivity contribution in [1.82, 2.24) is 14.8 Å². The van der Waals surface area contributed by atoms with Crippen molar-refractivity contribution < 1.29 is 0 Å². The maximum absolute atomic E-state index is 6.03. The van der Waals surface area contributed by atoms with Gasteiger partial charge in [0.2, 0.25) is 0 Å². The van der Waals surface area contributed by atoms with Crippen LogP contribution in [-0.2, 0) is 0 Å². The van der Waals surface area contributed by atoms with Crippen molar-refractivity contribution in [2.45, 2.75) is 0 Å². The van der Waals surface area contributed by atoms with Gasteiger partial charge in [-0.25, -0.2) is 4.68 Å². The number of halogens is 1. The molecule has 4 aromatic rings. The molecule has 0 aliphatic carbocycles. The molecule has 2 heterocycles. The Morgan fingerprint density at radius 2 is 1.79 bits per heavy atom. The van der Waals surface area contributed by atoms with Gasteiger partial charge >= 0.3 is 0 Å². The van der Waals surface area contributed by atoms with Gasteiger partial charge in [0, 0.05) is 29.0 Å². The van der Waals surface area contributed by atoms with Gasteiger partial charge in [0.1, 0.15) is 0 Å². The monoisotopic (exact) mass is 331 g/mol. The summed E-state index contributed by atoms with van der Waals surface area (Å²) in [5.74, 6) is 0. The van der Waals surface area contributed by atoms with Crippen LogP contribution in [0.1, 0.15) is 5.56 Å². The smallest absolute Gasteiger partial charge is 0.0740 e. The second kappa shape index (κ2) is 6.30. The van der Waals surface area contributed by atoms with Crippen LogP contribution in [0.4, 0.5) is 0 Å². The van der Waals surface area contributed by atoms with Crippen LogP contribution < -0.4 is 0 Å². The first-order valence-corrected chi connectivity index (χ1v) is 7.99. The minimum absolute atomic E-state index is 0.724. The number of nitrogens with zero attached hydrogens (tertiary/aromatic N) is 3. The fraction of sp³-hybridized carbons (Fsp3) is 0. The van der Waals surface area contributed by atoms with Gasteiger partial charge < -0.3 is 0 Å². The normalized spacial score (nSPS) is 11.4. The van der Waals surface area contributed by atoms with Gasteiger partial charge in [-0.1, -0.05) is 35.9 Å². The van der Waals surface area contributed by atoms with Crippen LogP contribution in [0.2, 0.25) is 5.02 Å². The van der Waals surface area contributed by atoms with E-state index in [1.165, 1.54) is 0 Å². The van der Waals surface area contributed by atoms with E-state index in [0.29, 0.717) is 0 Å². The van der Waals surface area contributed by atoms with Crippen molar-refractivity contribution in [2.75, 3.05) is 0 Å². The SMILES string of the molecule is Clc1cccc(C=Cn2ncc3ccc(-c4ccncc4)cc32)c1. The second-order valence-electron chi connectivity index (χ2n) is 5.47. The van der Waals surface area contributed by atoms with Crippen molar-refractivity contribution in [3.63, 3.8) is 0 Å². The molecule has 0 atom stereocenters. The third-order valence-corrected chi connectivity index (χ3v) is 4.10. The highest BCUT2D eigenvalue weighted by molar-refractivity contribution is 6.30. The molecule has 0 bridgehead atoms. The Hall–Kier alpha value is -2.91. The van der Waals surface area contributed by atoms with E-state index in [0.717, 1.165) is 32.6 Å². The van der Waals surface area contributed by atoms with Crippen molar-refractivity contribution in [3.8, 4) is 11.1 Å². The summed E-state index contributed by atoms with van der Waals surface area (Å²) < 4.78 is 1.88. The number of hydrogen-bond acceptors (Lipinski definition) is 2. The van der Waals surface area contributed by atoms with Gasteiger partial charge in [-0.3, -0.25) is 4.98 Å². The Balaban J connectivity index is 1.74. The summed E-state index contributed by atoms with van der Waals surface area (Å²) in [5, 5.41) is 6.28. The summed E-state index contributed by atoms with van der Waals surface area (Å²) in [5.41, 5.74) is 4.38. The maximum Gasteiger partial charge on any atom is 0.0740 e. The summed E-state index contributed by atoms with van der Waals surface area (Å²) in [6.07, 6.45) is 9.42. The first kappa shape index (κ1) is 14.7. The van der Waals surface area contributed by atoms with Crippen LogP contribution >= 0.6 is 11.6 Å². The van der Waals surface area contributed by atoms with Crippen LogP contribution in [0.15, 0.2) is 73.2 Å². The molecule has 0 N–H and O–H groups in total. The first-order chi connectivity index (χ1) is 11.8. The van der Waals surface area contributed by atoms with E-state index in [4.69, 9.17) is 11.6 Å². The van der Waals surface area contributed by atoms with E-state index in [9.17, 15) is 0 Å². The van der Waals surface area contributed by atoms with Gasteiger partial charge in [0.25, 0.3) is 0 Å². The average Bonchev–Trinajstić information content (AvgIpc) is 3.03. The molecule has 116 valence electrons. The summed E-state index contributed by atoms with van der Waals surface area (Å²) >= 11 is 6.03. The van der Waals surface area contributed by atoms with Gasteiger partial charge in [-0.2, -0.15) is 5.10 Å². The van der Waals surface area contributed by atoms with E-state index in [1.54, 1.807) is 12.4 Å². The van der Waals surface area contributed by atoms with E-state index in [1.807, 2.05) is 59.6 Å². The number of aromatic nitrogens is 3. The van der Waals surface area contributed by atoms with Gasteiger partial charge in [0.15, 0.2) is 0 Å². The lowest BCUT2D eigenvalue weighted by molar-refractivity contribution is 0.969. The number of rotatable bonds is 3. The van der Waals surface area contributed by atoms with Gasteiger partial charge in [-0.15, -0.1) is 0 Å². The van der Waals surface area contributed by atoms with Crippen LogP contribution in [-0.4, -0.2) is 14.8 Å². The van der Waals surface area contributed by atoms with E-state index >= 15 is 0 Å². The minimum atomic E-state index is 0.724. The van der Waals surface area contributed by atoms with Crippen LogP contribution in [0.5, 0.6) is 0 Å². The third kappa shape index (κ3) is 2.94. The van der Waals surface area contributed by atoms with Gasteiger partial charge in [0.05, 0.1) is 11.7 Å². The zero-order chi connectivity index (χ0) is 16.4. The highest BCUT2D eigenvalue weighted by Crippen LogP contribution is 2.24. The molecule has 0 spiro atoms. The highest BCUT2D eigenvalue weighted by Gasteiger charge is 2.04. The lowest BCUT2D eigenvalue weighted by atomic mass is 10.1. The van der Waals surface area contributed by atoms with Crippen molar-refractivity contribution >= 4 is 34.8 Å². The summed E-state index contributed by atoms with van der Waals surface area (Å²) in [4.78, 5) is 4.07. The quantitative estimate of drug-likeness (QED) is 0.504. The maximum atomic E-state index is 6.03. The molecule has 4 rings (SSSR count). The molecule has 0 unspecified atom stereocenters. The van der Waals surface area contributed by atoms with Crippen LogP contribution in [0.3, 0.4) is 0 Å². The van der Waals surface area contributed by atoms with E-state index in [2.05, 4.69) is 28.3 Å². The molecule has 0 aliphatic heterocycles. The lowest BCUT2D eigenvalue weighted by Gasteiger charge is -2.03. The van der Waals surface area contributed by atoms with Gasteiger partial charge in [-0.05, 0) is 53.1 Å². The molecule has 0 aliphatic rings. The van der Waals surface area contributed by atoms with E-state index in [-0.39, 0.29) is 0 Å². The summed E-state index contributed by atoms with van der Waals surface area (Å²) in [6.45, 7) is 0. The summed E-state index contributed by atoms with van der Waals surface area (Å²) in [6, 6.07) is 18.1. The predicted molar refractivity (Wildman–Crippen MR) is 99.6 cm³/mol. The third-order valence-electron chi connectivity index (χ3n) is 3.87. The molecule has 0 fully saturated rings. The van der Waals surface area contributed by atoms with Crippen molar-refractivity contribution in [2.24, 2.45) is 0 Å². The number of pyridine rings is 1. The molecule has 2 aromatic heterocycles. The Kier molecular flexibility index (Phi) is 3.85. The molecule has 24 heavy (non-hydrogen) atoms. The number of hydrogen-bond donors (Lipinski definition) is 0. The second-order valence-corrected chi connectivity index (χ2v) is 5.91. The molecule has 4 heteroatoms. The molecule has 0 saturated heterocycles.